The summed E-state index contributed by atoms with van der Waals surface area (Å²) in [5.41, 5.74) is 5.80. The van der Waals surface area contributed by atoms with E-state index in [2.05, 4.69) is 16.9 Å². The maximum Gasteiger partial charge on any atom is 0.242 e. The zero-order chi connectivity index (χ0) is 11.8. The number of rotatable bonds is 4. The lowest BCUT2D eigenvalue weighted by Gasteiger charge is -2.27. The van der Waals surface area contributed by atoms with Gasteiger partial charge in [0.2, 0.25) is 5.91 Å². The van der Waals surface area contributed by atoms with E-state index >= 15 is 0 Å². The molecule has 0 unspecified atom stereocenters. The summed E-state index contributed by atoms with van der Waals surface area (Å²) in [4.78, 5) is 17.4. The summed E-state index contributed by atoms with van der Waals surface area (Å²) in [7, 11) is 0. The van der Waals surface area contributed by atoms with Crippen molar-refractivity contribution in [1.82, 2.24) is 10.2 Å². The van der Waals surface area contributed by atoms with Crippen molar-refractivity contribution in [3.05, 3.63) is 12.7 Å². The Morgan fingerprint density at radius 2 is 2.12 bits per heavy atom. The predicted molar refractivity (Wildman–Crippen MR) is 65.1 cm³/mol. The Hall–Kier alpha value is -1.52. The molecule has 0 atom stereocenters. The van der Waals surface area contributed by atoms with E-state index in [0.29, 0.717) is 12.5 Å². The quantitative estimate of drug-likeness (QED) is 0.404. The summed E-state index contributed by atoms with van der Waals surface area (Å²) < 4.78 is 0. The molecule has 0 aromatic heterocycles. The van der Waals surface area contributed by atoms with Crippen LogP contribution in [-0.4, -0.2) is 42.9 Å². The molecule has 1 aliphatic heterocycles. The molecule has 5 heteroatoms. The van der Waals surface area contributed by atoms with Crippen LogP contribution in [0.4, 0.5) is 0 Å². The summed E-state index contributed by atoms with van der Waals surface area (Å²) in [5, 5.41) is 2.65. The van der Waals surface area contributed by atoms with E-state index in [9.17, 15) is 4.79 Å². The third kappa shape index (κ3) is 4.33. The van der Waals surface area contributed by atoms with Gasteiger partial charge < -0.3 is 16.0 Å². The number of hydrogen-bond donors (Lipinski definition) is 2. The highest BCUT2D eigenvalue weighted by Crippen LogP contribution is 2.07. The molecule has 1 aliphatic rings. The minimum atomic E-state index is -0.125. The van der Waals surface area contributed by atoms with Gasteiger partial charge in [0.25, 0.3) is 0 Å². The lowest BCUT2D eigenvalue weighted by molar-refractivity contribution is -0.119. The fraction of sp³-hybridized carbons (Fsp3) is 0.636. The summed E-state index contributed by atoms with van der Waals surface area (Å²) >= 11 is 0. The molecule has 0 aliphatic carbocycles. The predicted octanol–water partition coefficient (Wildman–Crippen LogP) is 0.0892. The highest BCUT2D eigenvalue weighted by atomic mass is 16.1. The van der Waals surface area contributed by atoms with Gasteiger partial charge in [-0.2, -0.15) is 0 Å². The molecule has 16 heavy (non-hydrogen) atoms. The van der Waals surface area contributed by atoms with Crippen LogP contribution in [0.1, 0.15) is 19.3 Å². The minimum absolute atomic E-state index is 0.0934. The van der Waals surface area contributed by atoms with Crippen molar-refractivity contribution in [2.45, 2.75) is 19.3 Å². The second-order valence-corrected chi connectivity index (χ2v) is 3.81. The number of piperidine rings is 1. The molecule has 1 heterocycles. The second-order valence-electron chi connectivity index (χ2n) is 3.81. The molecule has 0 aromatic carbocycles. The van der Waals surface area contributed by atoms with Crippen molar-refractivity contribution in [3.63, 3.8) is 0 Å². The third-order valence-electron chi connectivity index (χ3n) is 2.51. The number of amides is 1. The number of carbonyl (C=O) groups is 1. The third-order valence-corrected chi connectivity index (χ3v) is 2.51. The first-order chi connectivity index (χ1) is 7.74. The Kier molecular flexibility index (Phi) is 5.39. The number of nitrogens with one attached hydrogen (secondary N) is 1. The zero-order valence-electron chi connectivity index (χ0n) is 9.61. The van der Waals surface area contributed by atoms with Gasteiger partial charge in [0, 0.05) is 19.6 Å². The molecule has 1 amide bonds. The number of carbonyl (C=O) groups excluding carboxylic acids is 1. The van der Waals surface area contributed by atoms with Crippen LogP contribution < -0.4 is 11.1 Å². The maximum absolute atomic E-state index is 11.2. The van der Waals surface area contributed by atoms with Crippen LogP contribution in [0.15, 0.2) is 17.6 Å². The summed E-state index contributed by atoms with van der Waals surface area (Å²) in [6, 6.07) is 0. The van der Waals surface area contributed by atoms with Crippen LogP contribution >= 0.6 is 0 Å². The van der Waals surface area contributed by atoms with Crippen LogP contribution in [-0.2, 0) is 4.79 Å². The SMILES string of the molecule is C=CCNC(=O)CN=C(N)N1CCCCC1. The Morgan fingerprint density at radius 1 is 1.44 bits per heavy atom. The Bertz CT molecular complexity index is 269. The second kappa shape index (κ2) is 6.87. The number of guanidine groups is 1. The van der Waals surface area contributed by atoms with Gasteiger partial charge in [-0.3, -0.25) is 4.79 Å². The van der Waals surface area contributed by atoms with E-state index in [1.807, 2.05) is 4.90 Å². The normalized spacial score (nSPS) is 17.0. The van der Waals surface area contributed by atoms with Gasteiger partial charge in [-0.05, 0) is 19.3 Å². The summed E-state index contributed by atoms with van der Waals surface area (Å²) in [6.07, 6.45) is 5.19. The van der Waals surface area contributed by atoms with Crippen molar-refractivity contribution < 1.29 is 4.79 Å². The monoisotopic (exact) mass is 224 g/mol. The fourth-order valence-electron chi connectivity index (χ4n) is 1.62. The van der Waals surface area contributed by atoms with E-state index in [-0.39, 0.29) is 12.5 Å². The minimum Gasteiger partial charge on any atom is -0.370 e. The van der Waals surface area contributed by atoms with E-state index in [1.165, 1.54) is 6.42 Å². The first-order valence-electron chi connectivity index (χ1n) is 5.66. The highest BCUT2D eigenvalue weighted by Gasteiger charge is 2.11. The molecule has 0 aromatic rings. The Morgan fingerprint density at radius 3 is 2.75 bits per heavy atom. The smallest absolute Gasteiger partial charge is 0.242 e. The Balaban J connectivity index is 2.31. The standard InChI is InChI=1S/C11H20N4O/c1-2-6-13-10(16)9-14-11(12)15-7-4-3-5-8-15/h2H,1,3-9H2,(H2,12,14)(H,13,16). The number of hydrogen-bond acceptors (Lipinski definition) is 2. The molecule has 1 fully saturated rings. The highest BCUT2D eigenvalue weighted by molar-refractivity contribution is 5.84. The average Bonchev–Trinajstić information content (AvgIpc) is 2.34. The number of nitrogens with zero attached hydrogens (tertiary/aromatic N) is 2. The van der Waals surface area contributed by atoms with E-state index in [4.69, 9.17) is 5.73 Å². The summed E-state index contributed by atoms with van der Waals surface area (Å²) in [6.45, 7) is 5.98. The molecule has 1 rings (SSSR count). The largest absolute Gasteiger partial charge is 0.370 e. The van der Waals surface area contributed by atoms with Crippen LogP contribution in [0.2, 0.25) is 0 Å². The molecule has 5 nitrogen and oxygen atoms in total. The number of likely N-dealkylation sites (tertiary alicyclic amines) is 1. The molecule has 3 N–H and O–H groups in total. The first-order valence-corrected chi connectivity index (χ1v) is 5.66. The van der Waals surface area contributed by atoms with Crippen molar-refractivity contribution >= 4 is 11.9 Å². The van der Waals surface area contributed by atoms with Crippen molar-refractivity contribution in [2.75, 3.05) is 26.2 Å². The van der Waals surface area contributed by atoms with Crippen molar-refractivity contribution in [2.24, 2.45) is 10.7 Å². The van der Waals surface area contributed by atoms with Gasteiger partial charge >= 0.3 is 0 Å². The lowest BCUT2D eigenvalue weighted by Crippen LogP contribution is -2.41. The number of nitrogens with two attached hydrogens (primary N) is 1. The molecule has 0 radical (unpaired) electrons. The van der Waals surface area contributed by atoms with Gasteiger partial charge in [0.05, 0.1) is 0 Å². The van der Waals surface area contributed by atoms with E-state index in [1.54, 1.807) is 6.08 Å². The van der Waals surface area contributed by atoms with Crippen LogP contribution in [0.3, 0.4) is 0 Å². The van der Waals surface area contributed by atoms with Crippen LogP contribution in [0.5, 0.6) is 0 Å². The zero-order valence-corrected chi connectivity index (χ0v) is 9.61. The van der Waals surface area contributed by atoms with E-state index < -0.39 is 0 Å². The topological polar surface area (TPSA) is 70.7 Å². The average molecular weight is 224 g/mol. The molecule has 0 spiro atoms. The van der Waals surface area contributed by atoms with Gasteiger partial charge in [0.15, 0.2) is 5.96 Å². The first kappa shape index (κ1) is 12.5. The van der Waals surface area contributed by atoms with Crippen LogP contribution in [0, 0.1) is 0 Å². The van der Waals surface area contributed by atoms with Crippen molar-refractivity contribution in [3.8, 4) is 0 Å². The lowest BCUT2D eigenvalue weighted by atomic mass is 10.1. The van der Waals surface area contributed by atoms with Crippen LogP contribution in [0.25, 0.3) is 0 Å². The summed E-state index contributed by atoms with van der Waals surface area (Å²) in [5.74, 6) is 0.355. The van der Waals surface area contributed by atoms with E-state index in [0.717, 1.165) is 25.9 Å². The van der Waals surface area contributed by atoms with Gasteiger partial charge in [-0.1, -0.05) is 6.08 Å². The van der Waals surface area contributed by atoms with Gasteiger partial charge in [-0.15, -0.1) is 6.58 Å². The molecule has 0 saturated carbocycles. The Labute approximate surface area is 96.4 Å². The maximum atomic E-state index is 11.2. The van der Waals surface area contributed by atoms with Crippen molar-refractivity contribution in [1.29, 1.82) is 0 Å². The van der Waals surface area contributed by atoms with Gasteiger partial charge in [0.1, 0.15) is 6.54 Å². The number of aliphatic imine (C=N–C) groups is 1. The molecule has 1 saturated heterocycles. The van der Waals surface area contributed by atoms with Gasteiger partial charge in [-0.25, -0.2) is 4.99 Å². The molecule has 90 valence electrons. The molecule has 0 bridgehead atoms. The molecular formula is C11H20N4O. The fourth-order valence-corrected chi connectivity index (χ4v) is 1.62. The molecular weight excluding hydrogens is 204 g/mol.